The Morgan fingerprint density at radius 3 is 2.38 bits per heavy atom. The monoisotopic (exact) mass is 661 g/mol. The maximum atomic E-state index is 14.4. The van der Waals surface area contributed by atoms with Crippen LogP contribution in [-0.2, 0) is 10.0 Å². The fourth-order valence-corrected chi connectivity index (χ4v) is 8.42. The molecule has 2 heterocycles. The average molecular weight is 662 g/mol. The number of amides is 1. The number of carbonyl (C=O) groups is 1. The van der Waals surface area contributed by atoms with Crippen LogP contribution in [0.5, 0.6) is 5.88 Å². The molecule has 1 aliphatic heterocycles. The summed E-state index contributed by atoms with van der Waals surface area (Å²) in [6, 6.07) is 14.4. The second-order valence-electron chi connectivity index (χ2n) is 14.0. The minimum atomic E-state index is -4.12. The number of sulfonamides is 1. The van der Waals surface area contributed by atoms with E-state index < -0.39 is 10.0 Å². The van der Waals surface area contributed by atoms with Crippen molar-refractivity contribution in [2.75, 3.05) is 17.9 Å². The van der Waals surface area contributed by atoms with Gasteiger partial charge >= 0.3 is 0 Å². The molecular weight excluding hydrogens is 614 g/mol. The van der Waals surface area contributed by atoms with Gasteiger partial charge in [0, 0.05) is 41.9 Å². The van der Waals surface area contributed by atoms with Crippen LogP contribution < -0.4 is 14.8 Å². The highest BCUT2D eigenvalue weighted by molar-refractivity contribution is 7.92. The van der Waals surface area contributed by atoms with Crippen LogP contribution in [0.4, 0.5) is 5.95 Å². The van der Waals surface area contributed by atoms with Crippen LogP contribution in [-0.4, -0.2) is 71.7 Å². The molecule has 1 atom stereocenters. The highest BCUT2D eigenvalue weighted by Gasteiger charge is 2.41. The number of aryl methyl sites for hydroxylation is 2. The Morgan fingerprint density at radius 2 is 1.70 bits per heavy atom. The summed E-state index contributed by atoms with van der Waals surface area (Å²) in [7, 11) is -4.12. The van der Waals surface area contributed by atoms with Crippen LogP contribution in [0.15, 0.2) is 53.4 Å². The Morgan fingerprint density at radius 1 is 1.00 bits per heavy atom. The van der Waals surface area contributed by atoms with E-state index in [4.69, 9.17) is 4.74 Å². The van der Waals surface area contributed by atoms with Crippen molar-refractivity contribution in [3.05, 3.63) is 65.2 Å². The van der Waals surface area contributed by atoms with Crippen molar-refractivity contribution in [1.82, 2.24) is 20.2 Å². The van der Waals surface area contributed by atoms with Gasteiger partial charge in [-0.1, -0.05) is 38.1 Å². The zero-order valence-electron chi connectivity index (χ0n) is 27.8. The Labute approximate surface area is 278 Å². The van der Waals surface area contributed by atoms with E-state index >= 15 is 0 Å². The van der Waals surface area contributed by atoms with Gasteiger partial charge < -0.3 is 20.1 Å². The van der Waals surface area contributed by atoms with Crippen LogP contribution in [0.2, 0.25) is 0 Å². The van der Waals surface area contributed by atoms with Gasteiger partial charge in [0.05, 0.1) is 16.6 Å². The van der Waals surface area contributed by atoms with Crippen LogP contribution in [0.25, 0.3) is 11.3 Å². The number of nitrogens with one attached hydrogen (secondary N) is 2. The lowest BCUT2D eigenvalue weighted by Crippen LogP contribution is -2.60. The first-order chi connectivity index (χ1) is 22.5. The maximum Gasteiger partial charge on any atom is 0.264 e. The third kappa shape index (κ3) is 7.47. The van der Waals surface area contributed by atoms with E-state index in [0.717, 1.165) is 55.2 Å². The van der Waals surface area contributed by atoms with Gasteiger partial charge in [-0.25, -0.2) is 18.1 Å². The molecule has 11 heteroatoms. The van der Waals surface area contributed by atoms with Crippen LogP contribution >= 0.6 is 0 Å². The molecule has 2 aromatic carbocycles. The van der Waals surface area contributed by atoms with Gasteiger partial charge in [0.1, 0.15) is 6.61 Å². The van der Waals surface area contributed by atoms with Crippen molar-refractivity contribution in [3.8, 4) is 17.1 Å². The molecule has 4 bridgehead atoms. The summed E-state index contributed by atoms with van der Waals surface area (Å²) in [4.78, 5) is 25.4. The van der Waals surface area contributed by atoms with E-state index in [1.54, 1.807) is 18.2 Å². The first-order valence-electron chi connectivity index (χ1n) is 16.9. The number of hydrogen-bond acceptors (Lipinski definition) is 8. The molecule has 252 valence electrons. The van der Waals surface area contributed by atoms with E-state index in [2.05, 4.69) is 33.9 Å². The number of benzene rings is 2. The molecule has 3 aliphatic rings. The molecule has 2 saturated carbocycles. The predicted octanol–water partition coefficient (Wildman–Crippen LogP) is 5.48. The van der Waals surface area contributed by atoms with Gasteiger partial charge in [-0.15, -0.1) is 0 Å². The molecule has 2 fully saturated rings. The molecule has 0 saturated heterocycles. The molecule has 47 heavy (non-hydrogen) atoms. The van der Waals surface area contributed by atoms with Crippen molar-refractivity contribution in [3.63, 3.8) is 0 Å². The Kier molecular flexibility index (Phi) is 9.87. The Hall–Kier alpha value is -3.54. The number of hydrogen-bond donors (Lipinski definition) is 3. The maximum absolute atomic E-state index is 14.4. The molecule has 1 aromatic heterocycles. The highest BCUT2D eigenvalue weighted by atomic mass is 32.2. The molecule has 6 rings (SSSR count). The molecule has 1 amide bonds. The van der Waals surface area contributed by atoms with E-state index in [-0.39, 0.29) is 53.8 Å². The quantitative estimate of drug-likeness (QED) is 0.303. The van der Waals surface area contributed by atoms with E-state index in [0.29, 0.717) is 35.7 Å². The van der Waals surface area contributed by atoms with Gasteiger partial charge in [-0.3, -0.25) is 4.79 Å². The fourth-order valence-electron chi connectivity index (χ4n) is 7.43. The molecule has 0 unspecified atom stereocenters. The fraction of sp³-hybridized carbons (Fsp3) is 0.528. The SMILES string of the molecule is Cc1cccc(C)c1-c1cc2nc(n1)NS(=O)(=O)c1cccc(c1)C(=O)N(C1CC(N[C@H]3CC[C@@H](CO)CC3)C1)[C@H](CC(C)C)CO2. The number of aliphatic hydroxyl groups is 1. The highest BCUT2D eigenvalue weighted by Crippen LogP contribution is 2.35. The molecule has 3 aromatic rings. The number of anilines is 1. The Balaban J connectivity index is 1.34. The molecule has 3 N–H and O–H groups in total. The first kappa shape index (κ1) is 33.4. The number of aromatic nitrogens is 2. The summed E-state index contributed by atoms with van der Waals surface area (Å²) in [6.45, 7) is 8.72. The van der Waals surface area contributed by atoms with E-state index in [1.165, 1.54) is 12.1 Å². The predicted molar refractivity (Wildman–Crippen MR) is 182 cm³/mol. The topological polar surface area (TPSA) is 134 Å². The number of fused-ring (bicyclic) bond motifs is 4. The van der Waals surface area contributed by atoms with Crippen molar-refractivity contribution >= 4 is 21.9 Å². The third-order valence-electron chi connectivity index (χ3n) is 9.93. The number of aliphatic hydroxyl groups excluding tert-OH is 1. The summed E-state index contributed by atoms with van der Waals surface area (Å²) >= 11 is 0. The van der Waals surface area contributed by atoms with Gasteiger partial charge in [-0.2, -0.15) is 4.98 Å². The second-order valence-corrected chi connectivity index (χ2v) is 15.7. The van der Waals surface area contributed by atoms with Gasteiger partial charge in [0.15, 0.2) is 0 Å². The first-order valence-corrected chi connectivity index (χ1v) is 18.4. The number of carbonyl (C=O) groups excluding carboxylic acids is 1. The van der Waals surface area contributed by atoms with Crippen LogP contribution in [0.1, 0.15) is 80.3 Å². The lowest BCUT2D eigenvalue weighted by atomic mass is 9.81. The summed E-state index contributed by atoms with van der Waals surface area (Å²) in [6.07, 6.45) is 6.52. The van der Waals surface area contributed by atoms with Crippen molar-refractivity contribution in [2.45, 2.75) is 102 Å². The largest absolute Gasteiger partial charge is 0.475 e. The zero-order chi connectivity index (χ0) is 33.3. The number of ether oxygens (including phenoxy) is 1. The molecular formula is C36H47N5O5S. The smallest absolute Gasteiger partial charge is 0.264 e. The van der Waals surface area contributed by atoms with Crippen molar-refractivity contribution < 1.29 is 23.1 Å². The van der Waals surface area contributed by atoms with Gasteiger partial charge in [0.2, 0.25) is 11.8 Å². The standard InChI is InChI=1S/C36H47N5O5S/c1-22(2)15-30-21-46-33-19-32(34-23(3)7-5-8-24(34)4)38-36(39-33)40-47(44,45)31-10-6-9-26(16-31)35(43)41(30)29-17-28(18-29)37-27-13-11-25(20-42)12-14-27/h5-10,16,19,22,25,27-30,37,42H,11-15,17-18,20-21H2,1-4H3,(H,38,39,40)/t25-,27+,28?,29?,30-/m1/s1. The second kappa shape index (κ2) is 13.9. The van der Waals surface area contributed by atoms with E-state index in [1.807, 2.05) is 36.9 Å². The van der Waals surface area contributed by atoms with E-state index in [9.17, 15) is 18.3 Å². The van der Waals surface area contributed by atoms with Gasteiger partial charge in [-0.05, 0) is 100.0 Å². The van der Waals surface area contributed by atoms with Crippen LogP contribution in [0.3, 0.4) is 0 Å². The Bertz CT molecular complexity index is 1680. The minimum Gasteiger partial charge on any atom is -0.475 e. The lowest BCUT2D eigenvalue weighted by Gasteiger charge is -2.48. The number of nitrogens with zero attached hydrogens (tertiary/aromatic N) is 3. The zero-order valence-corrected chi connectivity index (χ0v) is 28.6. The number of rotatable bonds is 7. The minimum absolute atomic E-state index is 0.0178. The van der Waals surface area contributed by atoms with Crippen molar-refractivity contribution in [1.29, 1.82) is 0 Å². The van der Waals surface area contributed by atoms with Crippen molar-refractivity contribution in [2.24, 2.45) is 11.8 Å². The molecule has 2 aliphatic carbocycles. The molecule has 10 nitrogen and oxygen atoms in total. The summed E-state index contributed by atoms with van der Waals surface area (Å²) in [5.74, 6) is 0.644. The summed E-state index contributed by atoms with van der Waals surface area (Å²) in [5.41, 5.74) is 3.76. The van der Waals surface area contributed by atoms with Gasteiger partial charge in [0.25, 0.3) is 15.9 Å². The normalized spacial score (nSPS) is 25.9. The summed E-state index contributed by atoms with van der Waals surface area (Å²) < 4.78 is 36.2. The third-order valence-corrected chi connectivity index (χ3v) is 11.3. The summed E-state index contributed by atoms with van der Waals surface area (Å²) in [5, 5.41) is 13.3. The molecule has 0 radical (unpaired) electrons. The lowest BCUT2D eigenvalue weighted by molar-refractivity contribution is 0.0189. The average Bonchev–Trinajstić information content (AvgIpc) is 3.02. The molecule has 0 spiro atoms. The van der Waals surface area contributed by atoms with Crippen LogP contribution in [0, 0.1) is 25.7 Å².